The quantitative estimate of drug-likeness (QED) is 0.677. The molecule has 0 bridgehead atoms. The summed E-state index contributed by atoms with van der Waals surface area (Å²) in [5, 5.41) is 0.484. The lowest BCUT2D eigenvalue weighted by atomic mass is 9.97. The van der Waals surface area contributed by atoms with Gasteiger partial charge in [0.15, 0.2) is 0 Å². The molecule has 0 aliphatic rings. The lowest BCUT2D eigenvalue weighted by molar-refractivity contribution is 0.563. The van der Waals surface area contributed by atoms with Crippen molar-refractivity contribution < 1.29 is 8.78 Å². The van der Waals surface area contributed by atoms with Gasteiger partial charge in [-0.2, -0.15) is 0 Å². The third-order valence-corrected chi connectivity index (χ3v) is 3.19. The standard InChI is InChI=1S/C14H11ClF2/c1-8-11(7-13(16)9(2)14(8)17)10-5-3-4-6-12(10)15/h3-7H,1-2H3. The molecule has 0 heterocycles. The second-order valence-corrected chi connectivity index (χ2v) is 4.36. The van der Waals surface area contributed by atoms with Crippen molar-refractivity contribution in [3.05, 3.63) is 58.1 Å². The Morgan fingerprint density at radius 1 is 0.941 bits per heavy atom. The van der Waals surface area contributed by atoms with Crippen molar-refractivity contribution >= 4 is 11.6 Å². The Balaban J connectivity index is 2.73. The van der Waals surface area contributed by atoms with Crippen LogP contribution >= 0.6 is 11.6 Å². The molecule has 0 amide bonds. The van der Waals surface area contributed by atoms with Crippen LogP contribution in [0.4, 0.5) is 8.78 Å². The first-order valence-electron chi connectivity index (χ1n) is 5.22. The molecule has 88 valence electrons. The van der Waals surface area contributed by atoms with Gasteiger partial charge in [-0.1, -0.05) is 29.8 Å². The molecule has 0 N–H and O–H groups in total. The van der Waals surface area contributed by atoms with Gasteiger partial charge in [0.25, 0.3) is 0 Å². The Kier molecular flexibility index (Phi) is 3.16. The van der Waals surface area contributed by atoms with E-state index in [1.807, 2.05) is 0 Å². The van der Waals surface area contributed by atoms with Crippen molar-refractivity contribution in [3.63, 3.8) is 0 Å². The molecule has 0 unspecified atom stereocenters. The highest BCUT2D eigenvalue weighted by Crippen LogP contribution is 2.33. The SMILES string of the molecule is Cc1c(F)cc(-c2ccccc2Cl)c(C)c1F. The Morgan fingerprint density at radius 3 is 2.24 bits per heavy atom. The summed E-state index contributed by atoms with van der Waals surface area (Å²) in [6.07, 6.45) is 0. The summed E-state index contributed by atoms with van der Waals surface area (Å²) in [7, 11) is 0. The molecule has 3 heteroatoms. The van der Waals surface area contributed by atoms with Gasteiger partial charge in [0.05, 0.1) is 0 Å². The fourth-order valence-corrected chi connectivity index (χ4v) is 2.04. The van der Waals surface area contributed by atoms with Crippen molar-refractivity contribution in [1.82, 2.24) is 0 Å². The van der Waals surface area contributed by atoms with E-state index in [-0.39, 0.29) is 5.56 Å². The van der Waals surface area contributed by atoms with E-state index in [2.05, 4.69) is 0 Å². The van der Waals surface area contributed by atoms with E-state index in [0.717, 1.165) is 0 Å². The lowest BCUT2D eigenvalue weighted by Gasteiger charge is -2.11. The zero-order valence-corrected chi connectivity index (χ0v) is 10.3. The summed E-state index contributed by atoms with van der Waals surface area (Å²) in [5.41, 5.74) is 1.59. The maximum Gasteiger partial charge on any atom is 0.132 e. The van der Waals surface area contributed by atoms with Gasteiger partial charge in [0.2, 0.25) is 0 Å². The first kappa shape index (κ1) is 12.1. The Labute approximate surface area is 104 Å². The highest BCUT2D eigenvalue weighted by atomic mass is 35.5. The van der Waals surface area contributed by atoms with Gasteiger partial charge < -0.3 is 0 Å². The van der Waals surface area contributed by atoms with Gasteiger partial charge in [-0.05, 0) is 37.1 Å². The van der Waals surface area contributed by atoms with Crippen molar-refractivity contribution in [3.8, 4) is 11.1 Å². The first-order valence-corrected chi connectivity index (χ1v) is 5.60. The van der Waals surface area contributed by atoms with Crippen molar-refractivity contribution in [1.29, 1.82) is 0 Å². The molecule has 0 aliphatic heterocycles. The minimum atomic E-state index is -0.553. The number of benzene rings is 2. The van der Waals surface area contributed by atoms with Crippen LogP contribution in [0.25, 0.3) is 11.1 Å². The van der Waals surface area contributed by atoms with Crippen LogP contribution < -0.4 is 0 Å². The molecule has 2 aromatic rings. The van der Waals surface area contributed by atoms with Crippen LogP contribution in [0.15, 0.2) is 30.3 Å². The van der Waals surface area contributed by atoms with E-state index in [1.54, 1.807) is 31.2 Å². The molecular formula is C14H11ClF2. The van der Waals surface area contributed by atoms with Crippen molar-refractivity contribution in [2.45, 2.75) is 13.8 Å². The van der Waals surface area contributed by atoms with Crippen molar-refractivity contribution in [2.75, 3.05) is 0 Å². The summed E-state index contributed by atoms with van der Waals surface area (Å²) in [6.45, 7) is 3.05. The molecule has 0 fully saturated rings. The zero-order valence-electron chi connectivity index (χ0n) is 9.52. The second-order valence-electron chi connectivity index (χ2n) is 3.95. The molecule has 0 spiro atoms. The van der Waals surface area contributed by atoms with E-state index in [1.165, 1.54) is 13.0 Å². The molecular weight excluding hydrogens is 242 g/mol. The lowest BCUT2D eigenvalue weighted by Crippen LogP contribution is -1.96. The minimum Gasteiger partial charge on any atom is -0.207 e. The topological polar surface area (TPSA) is 0 Å². The van der Waals surface area contributed by atoms with Crippen LogP contribution in [0.2, 0.25) is 5.02 Å². The van der Waals surface area contributed by atoms with Gasteiger partial charge in [0, 0.05) is 16.1 Å². The number of halogens is 3. The smallest absolute Gasteiger partial charge is 0.132 e. The normalized spacial score (nSPS) is 10.6. The largest absolute Gasteiger partial charge is 0.207 e. The fraction of sp³-hybridized carbons (Fsp3) is 0.143. The van der Waals surface area contributed by atoms with Gasteiger partial charge in [0.1, 0.15) is 11.6 Å². The summed E-state index contributed by atoms with van der Waals surface area (Å²) in [6, 6.07) is 8.35. The van der Waals surface area contributed by atoms with Crippen LogP contribution in [0, 0.1) is 25.5 Å². The predicted octanol–water partition coefficient (Wildman–Crippen LogP) is 4.90. The minimum absolute atomic E-state index is 0.0401. The van der Waals surface area contributed by atoms with E-state index in [4.69, 9.17) is 11.6 Å². The Morgan fingerprint density at radius 2 is 1.59 bits per heavy atom. The molecule has 0 saturated heterocycles. The van der Waals surface area contributed by atoms with E-state index >= 15 is 0 Å². The summed E-state index contributed by atoms with van der Waals surface area (Å²) in [5.74, 6) is -1.07. The maximum absolute atomic E-state index is 13.8. The zero-order chi connectivity index (χ0) is 12.6. The monoisotopic (exact) mass is 252 g/mol. The highest BCUT2D eigenvalue weighted by Gasteiger charge is 2.14. The molecule has 0 nitrogen and oxygen atoms in total. The van der Waals surface area contributed by atoms with Gasteiger partial charge in [-0.15, -0.1) is 0 Å². The van der Waals surface area contributed by atoms with Gasteiger partial charge in [-0.25, -0.2) is 8.78 Å². The van der Waals surface area contributed by atoms with Gasteiger partial charge >= 0.3 is 0 Å². The number of hydrogen-bond donors (Lipinski definition) is 0. The molecule has 2 rings (SSSR count). The molecule has 0 radical (unpaired) electrons. The summed E-state index contributed by atoms with van der Waals surface area (Å²) >= 11 is 6.03. The fourth-order valence-electron chi connectivity index (χ4n) is 1.81. The second kappa shape index (κ2) is 4.46. The average Bonchev–Trinajstić information content (AvgIpc) is 2.32. The van der Waals surface area contributed by atoms with Crippen molar-refractivity contribution in [2.24, 2.45) is 0 Å². The molecule has 17 heavy (non-hydrogen) atoms. The Hall–Kier alpha value is -1.41. The van der Waals surface area contributed by atoms with E-state index in [9.17, 15) is 8.78 Å². The molecule has 2 aromatic carbocycles. The van der Waals surface area contributed by atoms with Crippen LogP contribution in [-0.4, -0.2) is 0 Å². The third-order valence-electron chi connectivity index (χ3n) is 2.86. The van der Waals surface area contributed by atoms with Crippen LogP contribution in [0.1, 0.15) is 11.1 Å². The molecule has 0 aliphatic carbocycles. The Bertz CT molecular complexity index is 577. The first-order chi connectivity index (χ1) is 8.02. The average molecular weight is 253 g/mol. The van der Waals surface area contributed by atoms with Crippen LogP contribution in [-0.2, 0) is 0 Å². The maximum atomic E-state index is 13.8. The van der Waals surface area contributed by atoms with Gasteiger partial charge in [-0.3, -0.25) is 0 Å². The highest BCUT2D eigenvalue weighted by molar-refractivity contribution is 6.33. The summed E-state index contributed by atoms with van der Waals surface area (Å²) in [4.78, 5) is 0. The van der Waals surface area contributed by atoms with Crippen LogP contribution in [0.5, 0.6) is 0 Å². The van der Waals surface area contributed by atoms with E-state index < -0.39 is 11.6 Å². The number of rotatable bonds is 1. The molecule has 0 saturated carbocycles. The third kappa shape index (κ3) is 2.05. The number of hydrogen-bond acceptors (Lipinski definition) is 0. The van der Waals surface area contributed by atoms with Crippen LogP contribution in [0.3, 0.4) is 0 Å². The summed E-state index contributed by atoms with van der Waals surface area (Å²) < 4.78 is 27.3. The molecule has 0 atom stereocenters. The predicted molar refractivity (Wildman–Crippen MR) is 66.3 cm³/mol. The van der Waals surface area contributed by atoms with E-state index in [0.29, 0.717) is 21.7 Å². The molecule has 0 aromatic heterocycles.